The number of aryl methyl sites for hydroxylation is 1. The first kappa shape index (κ1) is 20.7. The van der Waals surface area contributed by atoms with Crippen molar-refractivity contribution in [1.29, 1.82) is 0 Å². The van der Waals surface area contributed by atoms with Gasteiger partial charge in [-0.1, -0.05) is 75.2 Å². The molecule has 0 unspecified atom stereocenters. The first-order valence-corrected chi connectivity index (χ1v) is 12.7. The van der Waals surface area contributed by atoms with Gasteiger partial charge in [-0.3, -0.25) is 4.98 Å². The summed E-state index contributed by atoms with van der Waals surface area (Å²) in [6.45, 7) is 6.81. The summed E-state index contributed by atoms with van der Waals surface area (Å²) in [6.07, 6.45) is 7.44. The molecule has 0 spiro atoms. The maximum absolute atomic E-state index is 5.32. The van der Waals surface area contributed by atoms with E-state index in [4.69, 9.17) is 4.98 Å². The van der Waals surface area contributed by atoms with Crippen molar-refractivity contribution in [2.75, 3.05) is 0 Å². The van der Waals surface area contributed by atoms with Gasteiger partial charge in [0.1, 0.15) is 0 Å². The fraction of sp³-hybridized carbons (Fsp3) is 0.344. The summed E-state index contributed by atoms with van der Waals surface area (Å²) >= 11 is 0. The van der Waals surface area contributed by atoms with Crippen molar-refractivity contribution < 1.29 is 0 Å². The highest BCUT2D eigenvalue weighted by atomic mass is 14.7. The Balaban J connectivity index is 1.57. The number of fused-ring (bicyclic) bond motifs is 4. The minimum atomic E-state index is 0.591. The van der Waals surface area contributed by atoms with Gasteiger partial charge in [0.15, 0.2) is 0 Å². The number of hydrogen-bond donors (Lipinski definition) is 0. The van der Waals surface area contributed by atoms with Gasteiger partial charge in [0, 0.05) is 16.6 Å². The lowest BCUT2D eigenvalue weighted by Crippen LogP contribution is -2.02. The highest BCUT2D eigenvalue weighted by molar-refractivity contribution is 5.98. The Morgan fingerprint density at radius 1 is 0.879 bits per heavy atom. The third-order valence-electron chi connectivity index (χ3n) is 7.68. The van der Waals surface area contributed by atoms with E-state index in [1.165, 1.54) is 86.8 Å². The van der Waals surface area contributed by atoms with Gasteiger partial charge in [0.05, 0.1) is 5.69 Å². The summed E-state index contributed by atoms with van der Waals surface area (Å²) in [5, 5.41) is 2.67. The van der Waals surface area contributed by atoms with Gasteiger partial charge >= 0.3 is 0 Å². The van der Waals surface area contributed by atoms with E-state index in [0.29, 0.717) is 5.92 Å². The van der Waals surface area contributed by atoms with Crippen molar-refractivity contribution in [1.82, 2.24) is 4.98 Å². The minimum Gasteiger partial charge on any atom is -0.252 e. The number of rotatable bonds is 4. The molecule has 1 saturated carbocycles. The van der Waals surface area contributed by atoms with E-state index in [2.05, 4.69) is 81.4 Å². The molecule has 0 amide bonds. The number of hydrogen-bond acceptors (Lipinski definition) is 1. The third-order valence-corrected chi connectivity index (χ3v) is 7.68. The minimum absolute atomic E-state index is 0.591. The average Bonchev–Trinajstić information content (AvgIpc) is 3.46. The first-order chi connectivity index (χ1) is 16.1. The summed E-state index contributed by atoms with van der Waals surface area (Å²) in [6, 6.07) is 23.2. The van der Waals surface area contributed by atoms with Crippen LogP contribution in [0.4, 0.5) is 0 Å². The van der Waals surface area contributed by atoms with E-state index in [1.807, 2.05) is 0 Å². The van der Waals surface area contributed by atoms with Crippen LogP contribution in [0.5, 0.6) is 0 Å². The zero-order valence-electron chi connectivity index (χ0n) is 20.1. The Hall–Kier alpha value is -2.93. The molecule has 2 aliphatic rings. The Morgan fingerprint density at radius 2 is 1.67 bits per heavy atom. The van der Waals surface area contributed by atoms with E-state index in [9.17, 15) is 0 Å². The van der Waals surface area contributed by atoms with E-state index >= 15 is 0 Å². The van der Waals surface area contributed by atoms with Gasteiger partial charge in [-0.15, -0.1) is 0 Å². The monoisotopic (exact) mass is 431 g/mol. The first-order valence-electron chi connectivity index (χ1n) is 12.7. The van der Waals surface area contributed by atoms with Crippen LogP contribution in [-0.2, 0) is 12.8 Å². The number of pyridine rings is 1. The number of aromatic nitrogens is 1. The van der Waals surface area contributed by atoms with Gasteiger partial charge in [0.2, 0.25) is 0 Å². The van der Waals surface area contributed by atoms with Crippen LogP contribution < -0.4 is 0 Å². The number of nitrogens with zero attached hydrogens (tertiary/aromatic N) is 1. The summed E-state index contributed by atoms with van der Waals surface area (Å²) in [5.74, 6) is 1.32. The summed E-state index contributed by atoms with van der Waals surface area (Å²) in [5.41, 5.74) is 12.2. The Morgan fingerprint density at radius 3 is 2.48 bits per heavy atom. The number of benzene rings is 3. The van der Waals surface area contributed by atoms with Gasteiger partial charge < -0.3 is 0 Å². The van der Waals surface area contributed by atoms with Crippen LogP contribution in [0.25, 0.3) is 33.2 Å². The lowest BCUT2D eigenvalue weighted by atomic mass is 9.90. The molecule has 1 fully saturated rings. The van der Waals surface area contributed by atoms with Crippen molar-refractivity contribution in [3.63, 3.8) is 0 Å². The second-order valence-corrected chi connectivity index (χ2v) is 10.7. The molecule has 0 radical (unpaired) electrons. The molecule has 2 aliphatic carbocycles. The van der Waals surface area contributed by atoms with E-state index in [1.54, 1.807) is 0 Å². The van der Waals surface area contributed by atoms with Gasteiger partial charge in [-0.25, -0.2) is 0 Å². The molecule has 0 aliphatic heterocycles. The van der Waals surface area contributed by atoms with Crippen molar-refractivity contribution in [2.24, 2.45) is 5.92 Å². The molecule has 33 heavy (non-hydrogen) atoms. The predicted molar refractivity (Wildman–Crippen MR) is 140 cm³/mol. The highest BCUT2D eigenvalue weighted by Crippen LogP contribution is 2.44. The van der Waals surface area contributed by atoms with Crippen LogP contribution >= 0.6 is 0 Å². The molecular formula is C32H33N. The summed E-state index contributed by atoms with van der Waals surface area (Å²) < 4.78 is 0. The quantitative estimate of drug-likeness (QED) is 0.277. The van der Waals surface area contributed by atoms with Crippen LogP contribution in [0.15, 0.2) is 60.7 Å². The molecule has 0 N–H and O–H groups in total. The molecule has 0 bridgehead atoms. The van der Waals surface area contributed by atoms with Crippen LogP contribution in [0.2, 0.25) is 0 Å². The second-order valence-electron chi connectivity index (χ2n) is 10.7. The van der Waals surface area contributed by atoms with Gasteiger partial charge in [-0.05, 0) is 95.3 Å². The Kier molecular flexibility index (Phi) is 5.09. The maximum atomic E-state index is 5.32. The van der Waals surface area contributed by atoms with Crippen LogP contribution in [0.3, 0.4) is 0 Å². The van der Waals surface area contributed by atoms with E-state index in [0.717, 1.165) is 18.8 Å². The topological polar surface area (TPSA) is 12.9 Å². The fourth-order valence-corrected chi connectivity index (χ4v) is 6.16. The lowest BCUT2D eigenvalue weighted by molar-refractivity contribution is 0.636. The van der Waals surface area contributed by atoms with Crippen molar-refractivity contribution in [2.45, 2.75) is 65.2 Å². The fourth-order valence-electron chi connectivity index (χ4n) is 6.16. The third kappa shape index (κ3) is 3.68. The maximum Gasteiger partial charge on any atom is 0.0786 e. The average molecular weight is 432 g/mol. The van der Waals surface area contributed by atoms with Crippen LogP contribution in [0.1, 0.15) is 73.4 Å². The molecule has 1 heteroatoms. The molecule has 166 valence electrons. The van der Waals surface area contributed by atoms with E-state index in [-0.39, 0.29) is 0 Å². The summed E-state index contributed by atoms with van der Waals surface area (Å²) in [7, 11) is 0. The molecule has 6 rings (SSSR count). The van der Waals surface area contributed by atoms with Crippen molar-refractivity contribution in [3.05, 3.63) is 88.6 Å². The smallest absolute Gasteiger partial charge is 0.0786 e. The van der Waals surface area contributed by atoms with Crippen LogP contribution in [-0.4, -0.2) is 4.98 Å². The molecule has 0 atom stereocenters. The molecule has 1 heterocycles. The molecule has 4 aromatic rings. The Labute approximate surface area is 197 Å². The standard InChI is InChI=1S/C32H33N/c1-20(2)14-26-18-25-17-23(22-8-4-5-9-22)12-13-28(25)32(33-26)31-16-21(3)15-29-27-11-7-6-10-24(27)19-30(29)31/h6-7,10-13,15-18,20,22H,4-5,8-9,14,19H2,1-3H3. The predicted octanol–water partition coefficient (Wildman–Crippen LogP) is 8.64. The molecular weight excluding hydrogens is 398 g/mol. The normalized spacial score (nSPS) is 15.4. The van der Waals surface area contributed by atoms with Crippen LogP contribution in [0, 0.1) is 12.8 Å². The zero-order valence-corrected chi connectivity index (χ0v) is 20.1. The lowest BCUT2D eigenvalue weighted by Gasteiger charge is -2.17. The highest BCUT2D eigenvalue weighted by Gasteiger charge is 2.24. The SMILES string of the molecule is Cc1cc2c(c(-c3nc(CC(C)C)cc4cc(C5CCCC5)ccc34)c1)Cc1ccccc1-2. The molecule has 0 saturated heterocycles. The van der Waals surface area contributed by atoms with Gasteiger partial charge in [0.25, 0.3) is 0 Å². The van der Waals surface area contributed by atoms with Gasteiger partial charge in [-0.2, -0.15) is 0 Å². The summed E-state index contributed by atoms with van der Waals surface area (Å²) in [4.78, 5) is 5.32. The molecule has 1 nitrogen and oxygen atoms in total. The zero-order chi connectivity index (χ0) is 22.5. The Bertz CT molecular complexity index is 1350. The largest absolute Gasteiger partial charge is 0.252 e. The van der Waals surface area contributed by atoms with Crippen molar-refractivity contribution >= 4 is 10.8 Å². The van der Waals surface area contributed by atoms with E-state index < -0.39 is 0 Å². The molecule has 1 aromatic heterocycles. The molecule has 3 aromatic carbocycles. The second kappa shape index (κ2) is 8.13. The van der Waals surface area contributed by atoms with Crippen molar-refractivity contribution in [3.8, 4) is 22.4 Å².